The maximum atomic E-state index is 11.7. The van der Waals surface area contributed by atoms with Crippen LogP contribution in [0.3, 0.4) is 0 Å². The van der Waals surface area contributed by atoms with Crippen LogP contribution in [-0.2, 0) is 6.42 Å². The number of carbonyl (C=O) groups is 1. The summed E-state index contributed by atoms with van der Waals surface area (Å²) in [7, 11) is 0. The van der Waals surface area contributed by atoms with E-state index in [2.05, 4.69) is 11.0 Å². The molecule has 0 atom stereocenters. The largest absolute Gasteiger partial charge is 0.368 e. The average molecular weight is 243 g/mol. The summed E-state index contributed by atoms with van der Waals surface area (Å²) in [6, 6.07) is 6.92. The number of rotatable bonds is 2. The number of hydrogen-bond acceptors (Lipinski definition) is 2. The Labute approximate surface area is 109 Å². The summed E-state index contributed by atoms with van der Waals surface area (Å²) in [6.45, 7) is 2.78. The van der Waals surface area contributed by atoms with E-state index in [4.69, 9.17) is 0 Å². The summed E-state index contributed by atoms with van der Waals surface area (Å²) in [5, 5.41) is 0. The monoisotopic (exact) mass is 243 g/mol. The van der Waals surface area contributed by atoms with Gasteiger partial charge in [-0.3, -0.25) is 4.79 Å². The van der Waals surface area contributed by atoms with E-state index in [1.807, 2.05) is 12.1 Å². The van der Waals surface area contributed by atoms with Gasteiger partial charge in [-0.15, -0.1) is 0 Å². The third-order valence-electron chi connectivity index (χ3n) is 4.46. The van der Waals surface area contributed by atoms with Gasteiger partial charge in [-0.05, 0) is 37.8 Å². The number of anilines is 1. The molecular weight excluding hydrogens is 222 g/mol. The van der Waals surface area contributed by atoms with E-state index < -0.39 is 0 Å². The normalized spacial score (nSPS) is 19.9. The summed E-state index contributed by atoms with van der Waals surface area (Å²) < 4.78 is 0. The predicted molar refractivity (Wildman–Crippen MR) is 74.4 cm³/mol. The smallest absolute Gasteiger partial charge is 0.160 e. The van der Waals surface area contributed by atoms with Crippen LogP contribution in [0, 0.1) is 0 Å². The quantitative estimate of drug-likeness (QED) is 0.740. The first-order valence-corrected chi connectivity index (χ1v) is 7.17. The zero-order valence-electron chi connectivity index (χ0n) is 11.1. The molecule has 0 amide bonds. The Hall–Kier alpha value is -1.31. The number of Topliss-reactive ketones (excluding diaryl/α,β-unsaturated/α-hetero) is 1. The van der Waals surface area contributed by atoms with Crippen LogP contribution < -0.4 is 4.90 Å². The van der Waals surface area contributed by atoms with E-state index in [1.165, 1.54) is 43.4 Å². The van der Waals surface area contributed by atoms with Gasteiger partial charge in [-0.2, -0.15) is 0 Å². The Morgan fingerprint density at radius 3 is 2.72 bits per heavy atom. The molecule has 1 saturated carbocycles. The Morgan fingerprint density at radius 1 is 1.22 bits per heavy atom. The fourth-order valence-electron chi connectivity index (χ4n) is 3.56. The number of carbonyl (C=O) groups excluding carboxylic acids is 1. The van der Waals surface area contributed by atoms with E-state index in [1.54, 1.807) is 6.92 Å². The lowest BCUT2D eigenvalue weighted by Crippen LogP contribution is -2.35. The van der Waals surface area contributed by atoms with Crippen LogP contribution in [0.25, 0.3) is 0 Å². The molecule has 1 aliphatic heterocycles. The molecule has 1 aromatic rings. The highest BCUT2D eigenvalue weighted by molar-refractivity contribution is 5.97. The van der Waals surface area contributed by atoms with Crippen LogP contribution in [0.4, 0.5) is 5.69 Å². The molecular formula is C16H21NO. The second-order valence-electron chi connectivity index (χ2n) is 5.59. The molecule has 96 valence electrons. The molecule has 0 spiro atoms. The first-order chi connectivity index (χ1) is 8.77. The van der Waals surface area contributed by atoms with Crippen LogP contribution in [0.5, 0.6) is 0 Å². The molecule has 2 nitrogen and oxygen atoms in total. The summed E-state index contributed by atoms with van der Waals surface area (Å²) in [4.78, 5) is 14.2. The molecule has 1 aromatic carbocycles. The zero-order chi connectivity index (χ0) is 12.5. The molecule has 0 aromatic heterocycles. The molecule has 0 unspecified atom stereocenters. The number of ketones is 1. The minimum Gasteiger partial charge on any atom is -0.368 e. The SMILES string of the molecule is CC(=O)c1cccc2c1CCN2C1CCCCC1. The van der Waals surface area contributed by atoms with E-state index >= 15 is 0 Å². The average Bonchev–Trinajstić information content (AvgIpc) is 2.83. The first-order valence-electron chi connectivity index (χ1n) is 7.17. The van der Waals surface area contributed by atoms with Gasteiger partial charge in [0.05, 0.1) is 0 Å². The fourth-order valence-corrected chi connectivity index (χ4v) is 3.56. The Morgan fingerprint density at radius 2 is 2.00 bits per heavy atom. The number of nitrogens with zero attached hydrogens (tertiary/aromatic N) is 1. The molecule has 2 aliphatic rings. The van der Waals surface area contributed by atoms with Crippen molar-refractivity contribution >= 4 is 11.5 Å². The van der Waals surface area contributed by atoms with Gasteiger partial charge in [0.1, 0.15) is 0 Å². The van der Waals surface area contributed by atoms with Crippen molar-refractivity contribution in [2.45, 2.75) is 51.5 Å². The molecule has 18 heavy (non-hydrogen) atoms. The highest BCUT2D eigenvalue weighted by atomic mass is 16.1. The summed E-state index contributed by atoms with van der Waals surface area (Å²) in [5.41, 5.74) is 3.55. The van der Waals surface area contributed by atoms with Gasteiger partial charge in [0.15, 0.2) is 5.78 Å². The van der Waals surface area contributed by atoms with Crippen molar-refractivity contribution in [2.75, 3.05) is 11.4 Å². The van der Waals surface area contributed by atoms with Crippen LogP contribution in [0.1, 0.15) is 54.9 Å². The third-order valence-corrected chi connectivity index (χ3v) is 4.46. The number of benzene rings is 1. The summed E-state index contributed by atoms with van der Waals surface area (Å²) in [5.74, 6) is 0.206. The molecule has 1 aliphatic carbocycles. The van der Waals surface area contributed by atoms with Gasteiger partial charge in [0, 0.05) is 23.8 Å². The first kappa shape index (κ1) is 11.8. The van der Waals surface area contributed by atoms with E-state index in [-0.39, 0.29) is 5.78 Å². The van der Waals surface area contributed by atoms with Gasteiger partial charge in [-0.1, -0.05) is 31.4 Å². The molecule has 3 rings (SSSR count). The van der Waals surface area contributed by atoms with Gasteiger partial charge in [0.25, 0.3) is 0 Å². The molecule has 0 bridgehead atoms. The fraction of sp³-hybridized carbons (Fsp3) is 0.562. The molecule has 1 fully saturated rings. The van der Waals surface area contributed by atoms with Crippen molar-refractivity contribution in [3.8, 4) is 0 Å². The topological polar surface area (TPSA) is 20.3 Å². The van der Waals surface area contributed by atoms with Crippen LogP contribution >= 0.6 is 0 Å². The van der Waals surface area contributed by atoms with Crippen molar-refractivity contribution in [1.29, 1.82) is 0 Å². The van der Waals surface area contributed by atoms with Crippen molar-refractivity contribution in [2.24, 2.45) is 0 Å². The van der Waals surface area contributed by atoms with Crippen LogP contribution in [-0.4, -0.2) is 18.4 Å². The summed E-state index contributed by atoms with van der Waals surface area (Å²) >= 11 is 0. The Kier molecular flexibility index (Phi) is 3.11. The van der Waals surface area contributed by atoms with Crippen LogP contribution in [0.15, 0.2) is 18.2 Å². The predicted octanol–water partition coefficient (Wildman–Crippen LogP) is 3.58. The zero-order valence-corrected chi connectivity index (χ0v) is 11.1. The van der Waals surface area contributed by atoms with Gasteiger partial charge in [0.2, 0.25) is 0 Å². The maximum absolute atomic E-state index is 11.7. The lowest BCUT2D eigenvalue weighted by Gasteiger charge is -2.33. The number of hydrogen-bond donors (Lipinski definition) is 0. The highest BCUT2D eigenvalue weighted by Crippen LogP contribution is 2.36. The molecule has 0 N–H and O–H groups in total. The second kappa shape index (κ2) is 4.75. The lowest BCUT2D eigenvalue weighted by molar-refractivity contribution is 0.101. The van der Waals surface area contributed by atoms with E-state index in [0.717, 1.165) is 18.5 Å². The lowest BCUT2D eigenvalue weighted by atomic mass is 9.94. The third kappa shape index (κ3) is 1.94. The minimum absolute atomic E-state index is 0.206. The highest BCUT2D eigenvalue weighted by Gasteiger charge is 2.28. The molecule has 0 saturated heterocycles. The van der Waals surface area contributed by atoms with Crippen LogP contribution in [0.2, 0.25) is 0 Å². The summed E-state index contributed by atoms with van der Waals surface area (Å²) in [6.07, 6.45) is 7.81. The second-order valence-corrected chi connectivity index (χ2v) is 5.59. The van der Waals surface area contributed by atoms with Crippen molar-refractivity contribution in [3.63, 3.8) is 0 Å². The minimum atomic E-state index is 0.206. The van der Waals surface area contributed by atoms with Gasteiger partial charge >= 0.3 is 0 Å². The standard InChI is InChI=1S/C16H21NO/c1-12(18)14-8-5-9-16-15(14)10-11-17(16)13-6-3-2-4-7-13/h5,8-9,13H,2-4,6-7,10-11H2,1H3. The van der Waals surface area contributed by atoms with Crippen molar-refractivity contribution in [1.82, 2.24) is 0 Å². The van der Waals surface area contributed by atoms with E-state index in [9.17, 15) is 4.79 Å². The molecule has 1 heterocycles. The van der Waals surface area contributed by atoms with Gasteiger partial charge < -0.3 is 4.90 Å². The maximum Gasteiger partial charge on any atom is 0.160 e. The van der Waals surface area contributed by atoms with E-state index in [0.29, 0.717) is 6.04 Å². The van der Waals surface area contributed by atoms with Crippen molar-refractivity contribution < 1.29 is 4.79 Å². The molecule has 2 heteroatoms. The van der Waals surface area contributed by atoms with Crippen molar-refractivity contribution in [3.05, 3.63) is 29.3 Å². The number of fused-ring (bicyclic) bond motifs is 1. The molecule has 0 radical (unpaired) electrons. The van der Waals surface area contributed by atoms with Gasteiger partial charge in [-0.25, -0.2) is 0 Å². The Bertz CT molecular complexity index is 460. The Balaban J connectivity index is 1.91.